The fourth-order valence-electron chi connectivity index (χ4n) is 2.40. The highest BCUT2D eigenvalue weighted by Gasteiger charge is 2.17. The summed E-state index contributed by atoms with van der Waals surface area (Å²) < 4.78 is 1.89. The van der Waals surface area contributed by atoms with E-state index in [9.17, 15) is 5.11 Å². The second-order valence-corrected chi connectivity index (χ2v) is 5.47. The zero-order valence-corrected chi connectivity index (χ0v) is 13.3. The van der Waals surface area contributed by atoms with Gasteiger partial charge in [-0.25, -0.2) is 0 Å². The fraction of sp³-hybridized carbons (Fsp3) is 0.500. The SMILES string of the molecule is CCc1nn(CC)c(CC(O)CCc2ccccn2)c1Cl. The molecule has 1 atom stereocenters. The molecule has 4 nitrogen and oxygen atoms in total. The van der Waals surface area contributed by atoms with Gasteiger partial charge in [-0.15, -0.1) is 0 Å². The summed E-state index contributed by atoms with van der Waals surface area (Å²) in [6.07, 6.45) is 4.12. The van der Waals surface area contributed by atoms with Gasteiger partial charge in [-0.1, -0.05) is 24.6 Å². The Morgan fingerprint density at radius 3 is 2.76 bits per heavy atom. The maximum absolute atomic E-state index is 10.3. The normalized spacial score (nSPS) is 12.6. The molecule has 2 rings (SSSR count). The summed E-state index contributed by atoms with van der Waals surface area (Å²) in [5.74, 6) is 0. The lowest BCUT2D eigenvalue weighted by Crippen LogP contribution is -2.15. The van der Waals surface area contributed by atoms with Crippen molar-refractivity contribution < 1.29 is 5.11 Å². The van der Waals surface area contributed by atoms with Gasteiger partial charge in [0.15, 0.2) is 0 Å². The molecule has 1 N–H and O–H groups in total. The second-order valence-electron chi connectivity index (χ2n) is 5.09. The van der Waals surface area contributed by atoms with Crippen LogP contribution in [0.4, 0.5) is 0 Å². The monoisotopic (exact) mass is 307 g/mol. The van der Waals surface area contributed by atoms with Gasteiger partial charge in [0, 0.05) is 24.9 Å². The Kier molecular flexibility index (Phi) is 5.76. The van der Waals surface area contributed by atoms with E-state index >= 15 is 0 Å². The second kappa shape index (κ2) is 7.57. The first-order valence-corrected chi connectivity index (χ1v) is 7.85. The van der Waals surface area contributed by atoms with Crippen molar-refractivity contribution in [1.82, 2.24) is 14.8 Å². The number of hydrogen-bond donors (Lipinski definition) is 1. The van der Waals surface area contributed by atoms with Gasteiger partial charge in [-0.05, 0) is 38.3 Å². The predicted octanol–water partition coefficient (Wildman–Crippen LogP) is 3.05. The van der Waals surface area contributed by atoms with Gasteiger partial charge in [0.2, 0.25) is 0 Å². The molecule has 21 heavy (non-hydrogen) atoms. The minimum Gasteiger partial charge on any atom is -0.393 e. The maximum Gasteiger partial charge on any atom is 0.0850 e. The van der Waals surface area contributed by atoms with Crippen LogP contribution >= 0.6 is 11.6 Å². The molecule has 0 aliphatic heterocycles. The van der Waals surface area contributed by atoms with Gasteiger partial charge < -0.3 is 5.11 Å². The van der Waals surface area contributed by atoms with Crippen LogP contribution in [-0.2, 0) is 25.8 Å². The predicted molar refractivity (Wildman–Crippen MR) is 84.6 cm³/mol. The van der Waals surface area contributed by atoms with Crippen molar-refractivity contribution in [2.45, 2.75) is 52.2 Å². The van der Waals surface area contributed by atoms with Crippen molar-refractivity contribution in [3.05, 3.63) is 46.5 Å². The largest absolute Gasteiger partial charge is 0.393 e. The van der Waals surface area contributed by atoms with E-state index in [0.29, 0.717) is 17.9 Å². The van der Waals surface area contributed by atoms with Crippen molar-refractivity contribution in [3.63, 3.8) is 0 Å². The Labute approximate surface area is 130 Å². The lowest BCUT2D eigenvalue weighted by Gasteiger charge is -2.12. The van der Waals surface area contributed by atoms with Crippen LogP contribution in [0, 0.1) is 0 Å². The van der Waals surface area contributed by atoms with Crippen molar-refractivity contribution in [2.24, 2.45) is 0 Å². The van der Waals surface area contributed by atoms with Crippen LogP contribution in [0.25, 0.3) is 0 Å². The standard InChI is InChI=1S/C16H22ClN3O/c1-3-14-16(17)15(20(4-2)19-14)11-13(21)9-8-12-7-5-6-10-18-12/h5-7,10,13,21H,3-4,8-9,11H2,1-2H3. The summed E-state index contributed by atoms with van der Waals surface area (Å²) >= 11 is 6.36. The van der Waals surface area contributed by atoms with E-state index in [-0.39, 0.29) is 0 Å². The Morgan fingerprint density at radius 2 is 2.14 bits per heavy atom. The molecule has 0 radical (unpaired) electrons. The zero-order chi connectivity index (χ0) is 15.2. The summed E-state index contributed by atoms with van der Waals surface area (Å²) in [4.78, 5) is 4.27. The number of halogens is 1. The van der Waals surface area contributed by atoms with Gasteiger partial charge >= 0.3 is 0 Å². The molecule has 0 aliphatic rings. The zero-order valence-electron chi connectivity index (χ0n) is 12.6. The molecule has 0 bridgehead atoms. The number of nitrogens with zero attached hydrogens (tertiary/aromatic N) is 3. The topological polar surface area (TPSA) is 50.9 Å². The van der Waals surface area contributed by atoms with Crippen LogP contribution < -0.4 is 0 Å². The highest BCUT2D eigenvalue weighted by atomic mass is 35.5. The van der Waals surface area contributed by atoms with E-state index in [2.05, 4.69) is 10.1 Å². The molecule has 0 amide bonds. The lowest BCUT2D eigenvalue weighted by atomic mass is 10.1. The number of hydrogen-bond acceptors (Lipinski definition) is 3. The molecule has 114 valence electrons. The molecule has 0 aromatic carbocycles. The molecule has 1 unspecified atom stereocenters. The van der Waals surface area contributed by atoms with Gasteiger partial charge in [0.1, 0.15) is 0 Å². The molecule has 0 fully saturated rings. The minimum atomic E-state index is -0.434. The molecular weight excluding hydrogens is 286 g/mol. The molecule has 0 spiro atoms. The number of aryl methyl sites for hydroxylation is 3. The third-order valence-corrected chi connectivity index (χ3v) is 4.02. The van der Waals surface area contributed by atoms with E-state index < -0.39 is 6.10 Å². The highest BCUT2D eigenvalue weighted by molar-refractivity contribution is 6.31. The number of pyridine rings is 1. The third-order valence-electron chi connectivity index (χ3n) is 3.58. The minimum absolute atomic E-state index is 0.434. The average molecular weight is 308 g/mol. The Bertz CT molecular complexity index is 568. The first-order valence-electron chi connectivity index (χ1n) is 7.47. The lowest BCUT2D eigenvalue weighted by molar-refractivity contribution is 0.162. The molecular formula is C16H22ClN3O. The van der Waals surface area contributed by atoms with Gasteiger partial charge in [0.25, 0.3) is 0 Å². The quantitative estimate of drug-likeness (QED) is 0.855. The number of aliphatic hydroxyl groups excluding tert-OH is 1. The molecule has 2 heterocycles. The van der Waals surface area contributed by atoms with Crippen LogP contribution in [0.1, 0.15) is 37.4 Å². The van der Waals surface area contributed by atoms with E-state index in [1.54, 1.807) is 6.20 Å². The molecule has 0 saturated heterocycles. The van der Waals surface area contributed by atoms with Gasteiger partial charge in [-0.3, -0.25) is 9.67 Å². The molecule has 0 aliphatic carbocycles. The molecule has 2 aromatic heterocycles. The Balaban J connectivity index is 1.99. The van der Waals surface area contributed by atoms with E-state index in [0.717, 1.165) is 36.5 Å². The van der Waals surface area contributed by atoms with Crippen molar-refractivity contribution in [3.8, 4) is 0 Å². The fourth-order valence-corrected chi connectivity index (χ4v) is 2.74. The Morgan fingerprint density at radius 1 is 1.33 bits per heavy atom. The summed E-state index contributed by atoms with van der Waals surface area (Å²) in [6, 6.07) is 5.84. The molecule has 0 saturated carbocycles. The third kappa shape index (κ3) is 4.05. The highest BCUT2D eigenvalue weighted by Crippen LogP contribution is 2.23. The summed E-state index contributed by atoms with van der Waals surface area (Å²) in [5.41, 5.74) is 2.84. The van der Waals surface area contributed by atoms with E-state index in [4.69, 9.17) is 11.6 Å². The van der Waals surface area contributed by atoms with Crippen LogP contribution in [0.2, 0.25) is 5.02 Å². The van der Waals surface area contributed by atoms with Crippen molar-refractivity contribution in [2.75, 3.05) is 0 Å². The van der Waals surface area contributed by atoms with Gasteiger partial charge in [-0.2, -0.15) is 5.10 Å². The average Bonchev–Trinajstić information content (AvgIpc) is 2.82. The number of aliphatic hydroxyl groups is 1. The van der Waals surface area contributed by atoms with Crippen LogP contribution in [0.15, 0.2) is 24.4 Å². The smallest absolute Gasteiger partial charge is 0.0850 e. The Hall–Kier alpha value is -1.39. The first-order chi connectivity index (χ1) is 10.2. The van der Waals surface area contributed by atoms with Crippen LogP contribution in [0.3, 0.4) is 0 Å². The summed E-state index contributed by atoms with van der Waals surface area (Å²) in [5, 5.41) is 15.4. The van der Waals surface area contributed by atoms with Crippen LogP contribution in [-0.4, -0.2) is 26.0 Å². The maximum atomic E-state index is 10.3. The van der Waals surface area contributed by atoms with Crippen LogP contribution in [0.5, 0.6) is 0 Å². The van der Waals surface area contributed by atoms with Gasteiger partial charge in [0.05, 0.1) is 22.5 Å². The van der Waals surface area contributed by atoms with Crippen molar-refractivity contribution in [1.29, 1.82) is 0 Å². The van der Waals surface area contributed by atoms with Crippen molar-refractivity contribution >= 4 is 11.6 Å². The molecule has 2 aromatic rings. The molecule has 5 heteroatoms. The first kappa shape index (κ1) is 16.0. The number of rotatable bonds is 7. The van der Waals surface area contributed by atoms with E-state index in [1.165, 1.54) is 0 Å². The number of aromatic nitrogens is 3. The van der Waals surface area contributed by atoms with E-state index in [1.807, 2.05) is 36.7 Å². The summed E-state index contributed by atoms with van der Waals surface area (Å²) in [6.45, 7) is 4.84. The summed E-state index contributed by atoms with van der Waals surface area (Å²) in [7, 11) is 0.